The molecule has 1 heterocycles. The number of ether oxygens (including phenoxy) is 3. The third kappa shape index (κ3) is 3.54. The lowest BCUT2D eigenvalue weighted by atomic mass is 10.2. The fourth-order valence-electron chi connectivity index (χ4n) is 2.04. The molecule has 20 heavy (non-hydrogen) atoms. The summed E-state index contributed by atoms with van der Waals surface area (Å²) in [5.74, 6) is 1.43. The Balaban J connectivity index is 1.94. The number of hydrogen-bond donors (Lipinski definition) is 1. The average molecular weight is 280 g/mol. The van der Waals surface area contributed by atoms with Crippen molar-refractivity contribution >= 4 is 11.6 Å². The summed E-state index contributed by atoms with van der Waals surface area (Å²) in [5.41, 5.74) is 0.773. The zero-order valence-electron chi connectivity index (χ0n) is 11.8. The number of methoxy groups -OCH3 is 2. The van der Waals surface area contributed by atoms with Crippen LogP contribution in [-0.2, 0) is 9.53 Å². The Bertz CT molecular complexity index is 458. The summed E-state index contributed by atoms with van der Waals surface area (Å²) in [5, 5.41) is 3.10. The number of rotatable bonds is 5. The Labute approximate surface area is 118 Å². The molecule has 0 saturated carbocycles. The van der Waals surface area contributed by atoms with Gasteiger partial charge in [-0.05, 0) is 12.1 Å². The van der Waals surface area contributed by atoms with Crippen molar-refractivity contribution in [3.63, 3.8) is 0 Å². The van der Waals surface area contributed by atoms with E-state index in [0.717, 1.165) is 5.69 Å². The van der Waals surface area contributed by atoms with Crippen molar-refractivity contribution in [1.82, 2.24) is 4.90 Å². The largest absolute Gasteiger partial charge is 0.497 e. The van der Waals surface area contributed by atoms with Crippen LogP contribution in [0.4, 0.5) is 5.69 Å². The Morgan fingerprint density at radius 3 is 2.70 bits per heavy atom. The van der Waals surface area contributed by atoms with Gasteiger partial charge in [-0.2, -0.15) is 0 Å². The van der Waals surface area contributed by atoms with Gasteiger partial charge in [0.15, 0.2) is 0 Å². The van der Waals surface area contributed by atoms with Crippen LogP contribution in [0.15, 0.2) is 18.2 Å². The zero-order valence-corrected chi connectivity index (χ0v) is 11.8. The normalized spacial score (nSPS) is 14.8. The number of nitrogens with zero attached hydrogens (tertiary/aromatic N) is 1. The number of nitrogens with one attached hydrogen (secondary N) is 1. The highest BCUT2D eigenvalue weighted by molar-refractivity contribution is 5.81. The molecular weight excluding hydrogens is 260 g/mol. The minimum Gasteiger partial charge on any atom is -0.497 e. The van der Waals surface area contributed by atoms with Gasteiger partial charge in [0.25, 0.3) is 0 Å². The molecule has 1 N–H and O–H groups in total. The number of anilines is 1. The molecule has 6 heteroatoms. The summed E-state index contributed by atoms with van der Waals surface area (Å²) in [7, 11) is 3.19. The summed E-state index contributed by atoms with van der Waals surface area (Å²) in [6, 6.07) is 5.44. The van der Waals surface area contributed by atoms with E-state index in [1.807, 2.05) is 12.1 Å². The van der Waals surface area contributed by atoms with Gasteiger partial charge in [0.2, 0.25) is 5.91 Å². The number of morpholine rings is 1. The van der Waals surface area contributed by atoms with E-state index in [0.29, 0.717) is 37.8 Å². The van der Waals surface area contributed by atoms with Crippen LogP contribution in [0.5, 0.6) is 11.5 Å². The van der Waals surface area contributed by atoms with Crippen LogP contribution in [0.25, 0.3) is 0 Å². The van der Waals surface area contributed by atoms with E-state index < -0.39 is 0 Å². The zero-order chi connectivity index (χ0) is 14.4. The summed E-state index contributed by atoms with van der Waals surface area (Å²) in [6.45, 7) is 2.76. The average Bonchev–Trinajstić information content (AvgIpc) is 2.53. The van der Waals surface area contributed by atoms with E-state index in [1.54, 1.807) is 25.2 Å². The minimum absolute atomic E-state index is 0.0613. The first-order chi connectivity index (χ1) is 9.74. The van der Waals surface area contributed by atoms with E-state index in [-0.39, 0.29) is 12.5 Å². The molecule has 1 aromatic carbocycles. The highest BCUT2D eigenvalue weighted by Gasteiger charge is 2.16. The molecule has 0 unspecified atom stereocenters. The van der Waals surface area contributed by atoms with Gasteiger partial charge in [0.05, 0.1) is 39.7 Å². The highest BCUT2D eigenvalue weighted by Crippen LogP contribution is 2.28. The molecule has 110 valence electrons. The molecule has 1 fully saturated rings. The molecule has 1 saturated heterocycles. The van der Waals surface area contributed by atoms with E-state index in [1.165, 1.54) is 0 Å². The quantitative estimate of drug-likeness (QED) is 0.871. The van der Waals surface area contributed by atoms with Gasteiger partial charge in [0.1, 0.15) is 11.5 Å². The molecule has 0 bridgehead atoms. The van der Waals surface area contributed by atoms with Crippen molar-refractivity contribution < 1.29 is 19.0 Å². The maximum absolute atomic E-state index is 12.0. The van der Waals surface area contributed by atoms with Crippen LogP contribution in [0, 0.1) is 0 Å². The van der Waals surface area contributed by atoms with Crippen LogP contribution in [-0.4, -0.2) is 57.9 Å². The standard InChI is InChI=1S/C14H20N2O4/c1-18-11-3-4-12(13(9-11)19-2)15-10-14(17)16-5-7-20-8-6-16/h3-4,9,15H,5-8,10H2,1-2H3. The molecule has 6 nitrogen and oxygen atoms in total. The van der Waals surface area contributed by atoms with Gasteiger partial charge in [-0.15, -0.1) is 0 Å². The minimum atomic E-state index is 0.0613. The van der Waals surface area contributed by atoms with Crippen LogP contribution in [0.1, 0.15) is 0 Å². The van der Waals surface area contributed by atoms with Crippen molar-refractivity contribution in [2.75, 3.05) is 52.4 Å². The van der Waals surface area contributed by atoms with Crippen LogP contribution in [0.2, 0.25) is 0 Å². The number of carbonyl (C=O) groups excluding carboxylic acids is 1. The number of hydrogen-bond acceptors (Lipinski definition) is 5. The SMILES string of the molecule is COc1ccc(NCC(=O)N2CCOCC2)c(OC)c1. The molecule has 1 aliphatic heterocycles. The molecule has 1 aromatic rings. The lowest BCUT2D eigenvalue weighted by Gasteiger charge is -2.27. The molecule has 1 amide bonds. The first-order valence-corrected chi connectivity index (χ1v) is 6.56. The molecular formula is C14H20N2O4. The van der Waals surface area contributed by atoms with Gasteiger partial charge in [-0.1, -0.05) is 0 Å². The second kappa shape index (κ2) is 7.00. The lowest BCUT2D eigenvalue weighted by molar-refractivity contribution is -0.133. The number of amides is 1. The predicted molar refractivity (Wildman–Crippen MR) is 75.4 cm³/mol. The summed E-state index contributed by atoms with van der Waals surface area (Å²) < 4.78 is 15.6. The third-order valence-electron chi connectivity index (χ3n) is 3.20. The highest BCUT2D eigenvalue weighted by atomic mass is 16.5. The second-order valence-electron chi connectivity index (χ2n) is 4.41. The topological polar surface area (TPSA) is 60.0 Å². The van der Waals surface area contributed by atoms with Crippen LogP contribution < -0.4 is 14.8 Å². The van der Waals surface area contributed by atoms with Crippen LogP contribution >= 0.6 is 0 Å². The Morgan fingerprint density at radius 1 is 1.30 bits per heavy atom. The second-order valence-corrected chi connectivity index (χ2v) is 4.41. The molecule has 1 aliphatic rings. The van der Waals surface area contributed by atoms with E-state index >= 15 is 0 Å². The number of carbonyl (C=O) groups is 1. The fourth-order valence-corrected chi connectivity index (χ4v) is 2.04. The summed E-state index contributed by atoms with van der Waals surface area (Å²) in [6.07, 6.45) is 0. The molecule has 0 aromatic heterocycles. The van der Waals surface area contributed by atoms with Crippen molar-refractivity contribution in [3.8, 4) is 11.5 Å². The van der Waals surface area contributed by atoms with Crippen molar-refractivity contribution in [2.24, 2.45) is 0 Å². The maximum Gasteiger partial charge on any atom is 0.242 e. The Kier molecular flexibility index (Phi) is 5.06. The molecule has 2 rings (SSSR count). The van der Waals surface area contributed by atoms with Gasteiger partial charge >= 0.3 is 0 Å². The molecule has 0 spiro atoms. The molecule has 0 atom stereocenters. The first-order valence-electron chi connectivity index (χ1n) is 6.56. The smallest absolute Gasteiger partial charge is 0.242 e. The van der Waals surface area contributed by atoms with Gasteiger partial charge in [-0.3, -0.25) is 4.79 Å². The molecule has 0 radical (unpaired) electrons. The summed E-state index contributed by atoms with van der Waals surface area (Å²) >= 11 is 0. The predicted octanol–water partition coefficient (Wildman–Crippen LogP) is 0.974. The molecule has 0 aliphatic carbocycles. The van der Waals surface area contributed by atoms with Crippen molar-refractivity contribution in [2.45, 2.75) is 0 Å². The van der Waals surface area contributed by atoms with Crippen molar-refractivity contribution in [1.29, 1.82) is 0 Å². The maximum atomic E-state index is 12.0. The van der Waals surface area contributed by atoms with Gasteiger partial charge in [0, 0.05) is 19.2 Å². The van der Waals surface area contributed by atoms with Crippen molar-refractivity contribution in [3.05, 3.63) is 18.2 Å². The third-order valence-corrected chi connectivity index (χ3v) is 3.20. The van der Waals surface area contributed by atoms with Crippen LogP contribution in [0.3, 0.4) is 0 Å². The monoisotopic (exact) mass is 280 g/mol. The Morgan fingerprint density at radius 2 is 2.05 bits per heavy atom. The van der Waals surface area contributed by atoms with E-state index in [4.69, 9.17) is 14.2 Å². The van der Waals surface area contributed by atoms with Gasteiger partial charge < -0.3 is 24.4 Å². The van der Waals surface area contributed by atoms with Gasteiger partial charge in [-0.25, -0.2) is 0 Å². The Hall–Kier alpha value is -1.95. The van der Waals surface area contributed by atoms with E-state index in [2.05, 4.69) is 5.32 Å². The first kappa shape index (κ1) is 14.5. The summed E-state index contributed by atoms with van der Waals surface area (Å²) in [4.78, 5) is 13.8. The van der Waals surface area contributed by atoms with E-state index in [9.17, 15) is 4.79 Å². The fraction of sp³-hybridized carbons (Fsp3) is 0.500. The lowest BCUT2D eigenvalue weighted by Crippen LogP contribution is -2.43. The number of benzene rings is 1.